The lowest BCUT2D eigenvalue weighted by Gasteiger charge is -2.31. The van der Waals surface area contributed by atoms with Gasteiger partial charge in [-0.3, -0.25) is 0 Å². The second-order valence-electron chi connectivity index (χ2n) is 5.04. The summed E-state index contributed by atoms with van der Waals surface area (Å²) in [5.41, 5.74) is 1.05. The fraction of sp³-hybridized carbons (Fsp3) is 0.600. The highest BCUT2D eigenvalue weighted by atomic mass is 19.1. The standard InChI is InChI=1S/C15H22FN/c1-17-12-9-13-7-3-4-8-14(13)15(16)10-5-2-6-11-15/h3-4,7-8,17H,2,5-6,9-12H2,1H3. The molecule has 0 saturated heterocycles. The van der Waals surface area contributed by atoms with Gasteiger partial charge in [0.1, 0.15) is 5.67 Å². The summed E-state index contributed by atoms with van der Waals surface area (Å²) >= 11 is 0. The minimum atomic E-state index is -1.07. The third kappa shape index (κ3) is 2.86. The van der Waals surface area contributed by atoms with Gasteiger partial charge in [-0.15, -0.1) is 0 Å². The molecule has 1 aliphatic rings. The third-order valence-electron chi connectivity index (χ3n) is 3.79. The van der Waals surface area contributed by atoms with Gasteiger partial charge in [0, 0.05) is 0 Å². The Hall–Kier alpha value is -0.890. The van der Waals surface area contributed by atoms with E-state index in [2.05, 4.69) is 11.4 Å². The summed E-state index contributed by atoms with van der Waals surface area (Å²) < 4.78 is 15.0. The Morgan fingerprint density at radius 3 is 2.59 bits per heavy atom. The molecule has 1 aromatic carbocycles. The van der Waals surface area contributed by atoms with E-state index >= 15 is 0 Å². The summed E-state index contributed by atoms with van der Waals surface area (Å²) in [6.07, 6.45) is 5.55. The molecule has 2 rings (SSSR count). The van der Waals surface area contributed by atoms with Gasteiger partial charge in [0.05, 0.1) is 0 Å². The Bertz CT molecular complexity index is 356. The number of hydrogen-bond donors (Lipinski definition) is 1. The van der Waals surface area contributed by atoms with Crippen LogP contribution in [0.15, 0.2) is 24.3 Å². The van der Waals surface area contributed by atoms with Crippen molar-refractivity contribution in [1.29, 1.82) is 0 Å². The van der Waals surface area contributed by atoms with Crippen LogP contribution in [-0.4, -0.2) is 13.6 Å². The van der Waals surface area contributed by atoms with E-state index in [1.165, 1.54) is 12.0 Å². The topological polar surface area (TPSA) is 12.0 Å². The highest BCUT2D eigenvalue weighted by Crippen LogP contribution is 2.42. The molecule has 0 heterocycles. The first kappa shape index (κ1) is 12.6. The zero-order valence-corrected chi connectivity index (χ0v) is 10.6. The van der Waals surface area contributed by atoms with Crippen molar-refractivity contribution in [2.45, 2.75) is 44.2 Å². The molecule has 0 aliphatic heterocycles. The minimum absolute atomic E-state index is 0.698. The molecule has 1 aliphatic carbocycles. The van der Waals surface area contributed by atoms with Crippen LogP contribution in [0.3, 0.4) is 0 Å². The van der Waals surface area contributed by atoms with E-state index in [-0.39, 0.29) is 0 Å². The van der Waals surface area contributed by atoms with Gasteiger partial charge < -0.3 is 5.32 Å². The van der Waals surface area contributed by atoms with Gasteiger partial charge in [-0.25, -0.2) is 4.39 Å². The van der Waals surface area contributed by atoms with Crippen molar-refractivity contribution in [2.24, 2.45) is 0 Å². The van der Waals surface area contributed by atoms with Crippen LogP contribution in [0.2, 0.25) is 0 Å². The highest BCUT2D eigenvalue weighted by Gasteiger charge is 2.34. The summed E-state index contributed by atoms with van der Waals surface area (Å²) in [7, 11) is 1.94. The second-order valence-corrected chi connectivity index (χ2v) is 5.04. The summed E-state index contributed by atoms with van der Waals surface area (Å²) in [6, 6.07) is 8.04. The highest BCUT2D eigenvalue weighted by molar-refractivity contribution is 5.33. The Balaban J connectivity index is 2.23. The molecular weight excluding hydrogens is 213 g/mol. The lowest BCUT2D eigenvalue weighted by atomic mass is 9.79. The van der Waals surface area contributed by atoms with Crippen molar-refractivity contribution in [3.63, 3.8) is 0 Å². The minimum Gasteiger partial charge on any atom is -0.319 e. The summed E-state index contributed by atoms with van der Waals surface area (Å²) in [5, 5.41) is 3.14. The van der Waals surface area contributed by atoms with E-state index in [0.717, 1.165) is 31.4 Å². The molecule has 2 heteroatoms. The predicted octanol–water partition coefficient (Wildman–Crippen LogP) is 3.58. The van der Waals surface area contributed by atoms with Crippen molar-refractivity contribution in [3.05, 3.63) is 35.4 Å². The van der Waals surface area contributed by atoms with E-state index in [1.807, 2.05) is 25.2 Å². The van der Waals surface area contributed by atoms with Crippen LogP contribution < -0.4 is 5.32 Å². The Labute approximate surface area is 103 Å². The average molecular weight is 235 g/mol. The van der Waals surface area contributed by atoms with E-state index in [0.29, 0.717) is 12.8 Å². The first-order chi connectivity index (χ1) is 8.26. The number of benzene rings is 1. The molecule has 94 valence electrons. The van der Waals surface area contributed by atoms with Crippen molar-refractivity contribution in [2.75, 3.05) is 13.6 Å². The van der Waals surface area contributed by atoms with Gasteiger partial charge in [0.2, 0.25) is 0 Å². The SMILES string of the molecule is CNCCc1ccccc1C1(F)CCCCC1. The van der Waals surface area contributed by atoms with E-state index in [4.69, 9.17) is 0 Å². The number of halogens is 1. The molecule has 1 fully saturated rings. The van der Waals surface area contributed by atoms with E-state index in [9.17, 15) is 4.39 Å². The fourth-order valence-electron chi connectivity index (χ4n) is 2.82. The van der Waals surface area contributed by atoms with Crippen LogP contribution in [0.25, 0.3) is 0 Å². The molecule has 1 aromatic rings. The fourth-order valence-corrected chi connectivity index (χ4v) is 2.82. The number of alkyl halides is 1. The lowest BCUT2D eigenvalue weighted by molar-refractivity contribution is 0.105. The number of hydrogen-bond acceptors (Lipinski definition) is 1. The van der Waals surface area contributed by atoms with Crippen molar-refractivity contribution < 1.29 is 4.39 Å². The van der Waals surface area contributed by atoms with Gasteiger partial charge in [0.15, 0.2) is 0 Å². The second kappa shape index (κ2) is 5.63. The molecular formula is C15H22FN. The molecule has 1 N–H and O–H groups in total. The maximum Gasteiger partial charge on any atom is 0.136 e. The Morgan fingerprint density at radius 1 is 1.18 bits per heavy atom. The molecule has 0 radical (unpaired) electrons. The normalized spacial score (nSPS) is 19.2. The predicted molar refractivity (Wildman–Crippen MR) is 69.9 cm³/mol. The van der Waals surface area contributed by atoms with Crippen LogP contribution >= 0.6 is 0 Å². The van der Waals surface area contributed by atoms with Gasteiger partial charge in [-0.05, 0) is 56.8 Å². The molecule has 0 bridgehead atoms. The molecule has 0 unspecified atom stereocenters. The quantitative estimate of drug-likeness (QED) is 0.841. The molecule has 0 amide bonds. The van der Waals surface area contributed by atoms with Gasteiger partial charge in [0.25, 0.3) is 0 Å². The van der Waals surface area contributed by atoms with Crippen LogP contribution in [0, 0.1) is 0 Å². The van der Waals surface area contributed by atoms with E-state index in [1.54, 1.807) is 0 Å². The van der Waals surface area contributed by atoms with Gasteiger partial charge >= 0.3 is 0 Å². The molecule has 17 heavy (non-hydrogen) atoms. The summed E-state index contributed by atoms with van der Waals surface area (Å²) in [6.45, 7) is 0.910. The number of nitrogens with one attached hydrogen (secondary N) is 1. The van der Waals surface area contributed by atoms with Crippen molar-refractivity contribution >= 4 is 0 Å². The summed E-state index contributed by atoms with van der Waals surface area (Å²) in [4.78, 5) is 0. The Kier molecular flexibility index (Phi) is 4.16. The number of likely N-dealkylation sites (N-methyl/N-ethyl adjacent to an activating group) is 1. The average Bonchev–Trinajstić information content (AvgIpc) is 2.37. The van der Waals surface area contributed by atoms with E-state index < -0.39 is 5.67 Å². The molecule has 1 nitrogen and oxygen atoms in total. The molecule has 0 spiro atoms. The van der Waals surface area contributed by atoms with Crippen LogP contribution in [0.5, 0.6) is 0 Å². The molecule has 0 aromatic heterocycles. The largest absolute Gasteiger partial charge is 0.319 e. The lowest BCUT2D eigenvalue weighted by Crippen LogP contribution is -2.25. The zero-order chi connectivity index (χ0) is 12.1. The Morgan fingerprint density at radius 2 is 1.88 bits per heavy atom. The molecule has 0 atom stereocenters. The maximum atomic E-state index is 15.0. The molecule has 1 saturated carbocycles. The van der Waals surface area contributed by atoms with Crippen LogP contribution in [0.4, 0.5) is 4.39 Å². The third-order valence-corrected chi connectivity index (χ3v) is 3.79. The zero-order valence-electron chi connectivity index (χ0n) is 10.6. The van der Waals surface area contributed by atoms with Crippen LogP contribution in [-0.2, 0) is 12.1 Å². The first-order valence-electron chi connectivity index (χ1n) is 6.68. The van der Waals surface area contributed by atoms with Crippen LogP contribution in [0.1, 0.15) is 43.2 Å². The summed E-state index contributed by atoms with van der Waals surface area (Å²) in [5.74, 6) is 0. The van der Waals surface area contributed by atoms with Gasteiger partial charge in [-0.2, -0.15) is 0 Å². The van der Waals surface area contributed by atoms with Crippen molar-refractivity contribution in [1.82, 2.24) is 5.32 Å². The van der Waals surface area contributed by atoms with Crippen molar-refractivity contribution in [3.8, 4) is 0 Å². The monoisotopic (exact) mass is 235 g/mol. The van der Waals surface area contributed by atoms with Gasteiger partial charge in [-0.1, -0.05) is 30.7 Å². The number of rotatable bonds is 4. The smallest absolute Gasteiger partial charge is 0.136 e. The first-order valence-corrected chi connectivity index (χ1v) is 6.68. The maximum absolute atomic E-state index is 15.0.